The highest BCUT2D eigenvalue weighted by Crippen LogP contribution is 2.57. The molecule has 4 N–H and O–H groups in total. The van der Waals surface area contributed by atoms with Crippen molar-refractivity contribution in [1.82, 2.24) is 19.5 Å². The van der Waals surface area contributed by atoms with Crippen LogP contribution in [0.25, 0.3) is 11.2 Å². The van der Waals surface area contributed by atoms with Gasteiger partial charge in [0.25, 0.3) is 5.56 Å². The summed E-state index contributed by atoms with van der Waals surface area (Å²) >= 11 is 7.14. The van der Waals surface area contributed by atoms with Gasteiger partial charge < -0.3 is 20.3 Å². The summed E-state index contributed by atoms with van der Waals surface area (Å²) in [6.45, 7) is 0.237. The van der Waals surface area contributed by atoms with Crippen LogP contribution in [0.3, 0.4) is 0 Å². The summed E-state index contributed by atoms with van der Waals surface area (Å²) < 4.78 is 40.4. The maximum atomic E-state index is 12.8. The highest BCUT2D eigenvalue weighted by Gasteiger charge is 2.54. The van der Waals surface area contributed by atoms with E-state index in [2.05, 4.69) is 19.7 Å². The molecule has 2 fully saturated rings. The van der Waals surface area contributed by atoms with E-state index >= 15 is 0 Å². The summed E-state index contributed by atoms with van der Waals surface area (Å²) in [5, 5.41) is 11.9. The van der Waals surface area contributed by atoms with Crippen LogP contribution in [0.5, 0.6) is 0 Å². The van der Waals surface area contributed by atoms with Crippen LogP contribution in [0.15, 0.2) is 39.1 Å². The van der Waals surface area contributed by atoms with E-state index in [0.717, 1.165) is 11.8 Å². The van der Waals surface area contributed by atoms with Crippen molar-refractivity contribution >= 4 is 54.3 Å². The number of anilines is 1. The number of aliphatic hydroxyl groups is 1. The summed E-state index contributed by atoms with van der Waals surface area (Å²) in [6.07, 6.45) is -4.57. The van der Waals surface area contributed by atoms with Crippen LogP contribution in [-0.4, -0.2) is 62.3 Å². The number of fused-ring (bicyclic) bond motifs is 2. The zero-order chi connectivity index (χ0) is 25.6. The van der Waals surface area contributed by atoms with Crippen molar-refractivity contribution in [2.75, 3.05) is 19.1 Å². The third-order valence-corrected chi connectivity index (χ3v) is 7.86. The molecule has 192 valence electrons. The number of hydrogen-bond acceptors (Lipinski definition) is 13. The number of aromatic amines is 1. The van der Waals surface area contributed by atoms with Crippen molar-refractivity contribution in [2.45, 2.75) is 41.5 Å². The number of H-pyrrole nitrogens is 1. The molecule has 2 aliphatic heterocycles. The SMILES string of the molecule is CC(=O)OCOP1(=O)OC[C@H]2O[C@@H](n3c(Sc4ccc(Cl)cc4)nc4c(=O)[nH]c(N)nc43)[C@H](O)[C@@H]2O1. The molecular formula is C19H19ClN5O9PS. The Morgan fingerprint density at radius 2 is 2.14 bits per heavy atom. The molecule has 5 rings (SSSR count). The fraction of sp³-hybridized carbons (Fsp3) is 0.368. The Kier molecular flexibility index (Phi) is 6.82. The fourth-order valence-electron chi connectivity index (χ4n) is 3.67. The van der Waals surface area contributed by atoms with Gasteiger partial charge in [-0.15, -0.1) is 0 Å². The number of benzene rings is 1. The Bertz CT molecular complexity index is 1420. The topological polar surface area (TPSA) is 190 Å². The molecule has 0 bridgehead atoms. The summed E-state index contributed by atoms with van der Waals surface area (Å²) in [4.78, 5) is 35.2. The average molecular weight is 560 g/mol. The Morgan fingerprint density at radius 3 is 2.86 bits per heavy atom. The number of phosphoric ester groups is 1. The molecule has 0 saturated carbocycles. The van der Waals surface area contributed by atoms with Gasteiger partial charge in [-0.1, -0.05) is 23.4 Å². The first kappa shape index (κ1) is 25.2. The molecule has 0 amide bonds. The average Bonchev–Trinajstić information content (AvgIpc) is 3.32. The molecule has 5 atom stereocenters. The van der Waals surface area contributed by atoms with E-state index < -0.39 is 50.7 Å². The minimum atomic E-state index is -4.17. The number of halogens is 1. The van der Waals surface area contributed by atoms with Crippen LogP contribution < -0.4 is 11.3 Å². The first-order chi connectivity index (χ1) is 17.1. The molecule has 1 unspecified atom stereocenters. The molecular weight excluding hydrogens is 541 g/mol. The Hall–Kier alpha value is -2.49. The summed E-state index contributed by atoms with van der Waals surface area (Å²) in [7, 11) is -4.17. The Morgan fingerprint density at radius 1 is 1.39 bits per heavy atom. The molecule has 0 aliphatic carbocycles. The van der Waals surface area contributed by atoms with Crippen LogP contribution in [0.4, 0.5) is 5.95 Å². The third-order valence-electron chi connectivity index (χ3n) is 5.24. The van der Waals surface area contributed by atoms with Crippen LogP contribution in [0, 0.1) is 0 Å². The highest BCUT2D eigenvalue weighted by molar-refractivity contribution is 7.99. The molecule has 1 aromatic carbocycles. The van der Waals surface area contributed by atoms with E-state index in [1.54, 1.807) is 24.3 Å². The quantitative estimate of drug-likeness (QED) is 0.225. The van der Waals surface area contributed by atoms with Gasteiger partial charge in [0.05, 0.1) is 6.61 Å². The first-order valence-electron chi connectivity index (χ1n) is 10.4. The van der Waals surface area contributed by atoms with Gasteiger partial charge in [0.1, 0.15) is 18.3 Å². The van der Waals surface area contributed by atoms with E-state index in [0.29, 0.717) is 5.02 Å². The molecule has 17 heteroatoms. The third kappa shape index (κ3) is 4.88. The van der Waals surface area contributed by atoms with E-state index in [1.165, 1.54) is 16.3 Å². The van der Waals surface area contributed by atoms with Crippen molar-refractivity contribution in [2.24, 2.45) is 0 Å². The number of esters is 1. The Labute approximate surface area is 211 Å². The minimum Gasteiger partial charge on any atom is -0.438 e. The number of nitrogens with zero attached hydrogens (tertiary/aromatic N) is 3. The number of carbonyl (C=O) groups is 1. The van der Waals surface area contributed by atoms with Crippen molar-refractivity contribution in [3.63, 3.8) is 0 Å². The smallest absolute Gasteiger partial charge is 0.438 e. The van der Waals surface area contributed by atoms with Crippen LogP contribution in [0.1, 0.15) is 13.2 Å². The number of aliphatic hydroxyl groups excluding tert-OH is 1. The van der Waals surface area contributed by atoms with Gasteiger partial charge in [-0.05, 0) is 24.3 Å². The first-order valence-corrected chi connectivity index (χ1v) is 13.0. The van der Waals surface area contributed by atoms with E-state index in [4.69, 9.17) is 35.6 Å². The molecule has 2 aliphatic rings. The number of aromatic nitrogens is 4. The lowest BCUT2D eigenvalue weighted by Gasteiger charge is -2.30. The number of phosphoric acid groups is 1. The van der Waals surface area contributed by atoms with Gasteiger partial charge >= 0.3 is 13.8 Å². The van der Waals surface area contributed by atoms with Gasteiger partial charge in [-0.25, -0.2) is 14.1 Å². The maximum absolute atomic E-state index is 12.8. The summed E-state index contributed by atoms with van der Waals surface area (Å²) in [5.74, 6) is -0.815. The van der Waals surface area contributed by atoms with E-state index in [-0.39, 0.29) is 28.9 Å². The van der Waals surface area contributed by atoms with Gasteiger partial charge in [-0.2, -0.15) is 4.98 Å². The number of nitrogens with two attached hydrogens (primary N) is 1. The predicted octanol–water partition coefficient (Wildman–Crippen LogP) is 1.83. The maximum Gasteiger partial charge on any atom is 0.478 e. The lowest BCUT2D eigenvalue weighted by atomic mass is 10.1. The lowest BCUT2D eigenvalue weighted by molar-refractivity contribution is -0.150. The van der Waals surface area contributed by atoms with Crippen molar-refractivity contribution in [3.05, 3.63) is 39.6 Å². The van der Waals surface area contributed by atoms with Crippen molar-refractivity contribution in [3.8, 4) is 0 Å². The minimum absolute atomic E-state index is 0.0288. The van der Waals surface area contributed by atoms with Crippen LogP contribution in [-0.2, 0) is 32.4 Å². The fourth-order valence-corrected chi connectivity index (χ4v) is 5.97. The summed E-state index contributed by atoms with van der Waals surface area (Å²) in [6, 6.07) is 6.88. The molecule has 3 aromatic rings. The number of nitrogens with one attached hydrogen (secondary N) is 1. The second kappa shape index (κ2) is 9.76. The molecule has 14 nitrogen and oxygen atoms in total. The van der Waals surface area contributed by atoms with Gasteiger partial charge in [-0.3, -0.25) is 28.2 Å². The zero-order valence-corrected chi connectivity index (χ0v) is 20.9. The van der Waals surface area contributed by atoms with Crippen LogP contribution >= 0.6 is 31.2 Å². The number of carbonyl (C=O) groups excluding carboxylic acids is 1. The number of ether oxygens (including phenoxy) is 2. The molecule has 0 radical (unpaired) electrons. The summed E-state index contributed by atoms with van der Waals surface area (Å²) in [5.41, 5.74) is 5.21. The molecule has 2 saturated heterocycles. The van der Waals surface area contributed by atoms with E-state index in [9.17, 15) is 19.3 Å². The number of imidazole rings is 1. The number of hydrogen-bond donors (Lipinski definition) is 3. The largest absolute Gasteiger partial charge is 0.478 e. The lowest BCUT2D eigenvalue weighted by Crippen LogP contribution is -2.39. The highest BCUT2D eigenvalue weighted by atomic mass is 35.5. The molecule has 4 heterocycles. The zero-order valence-electron chi connectivity index (χ0n) is 18.4. The van der Waals surface area contributed by atoms with Gasteiger partial charge in [0.2, 0.25) is 12.7 Å². The normalized spacial score (nSPS) is 27.8. The molecule has 36 heavy (non-hydrogen) atoms. The Balaban J connectivity index is 1.48. The van der Waals surface area contributed by atoms with Crippen molar-refractivity contribution in [1.29, 1.82) is 0 Å². The molecule has 0 spiro atoms. The van der Waals surface area contributed by atoms with Crippen molar-refractivity contribution < 1.29 is 37.5 Å². The number of nitrogen functional groups attached to an aromatic ring is 1. The van der Waals surface area contributed by atoms with Crippen LogP contribution in [0.2, 0.25) is 5.02 Å². The second-order valence-corrected chi connectivity index (χ2v) is 10.8. The predicted molar refractivity (Wildman–Crippen MR) is 124 cm³/mol. The number of rotatable bonds is 6. The van der Waals surface area contributed by atoms with Gasteiger partial charge in [0.15, 0.2) is 22.5 Å². The monoisotopic (exact) mass is 559 g/mol. The van der Waals surface area contributed by atoms with E-state index in [1.807, 2.05) is 0 Å². The van der Waals surface area contributed by atoms with Gasteiger partial charge in [0, 0.05) is 16.8 Å². The second-order valence-electron chi connectivity index (χ2n) is 7.70. The standard InChI is InChI=1S/C19H19ClN5O9PS/c1-8(26)30-7-32-35(29)31-6-11-14(34-35)13(27)17(33-11)25-15-12(16(28)24-18(21)23-15)22-19(25)36-10-4-2-9(20)3-5-10/h2-5,11,13-14,17,27H,6-7H2,1H3,(H3,21,23,24,28)/t11-,13-,14-,17-,35?/m1/s1. The molecule has 2 aromatic heterocycles.